The molecule has 1 amide bonds. The third-order valence-corrected chi connectivity index (χ3v) is 3.46. The number of nitrogens with zero attached hydrogens (tertiary/aromatic N) is 2. The molecule has 0 radical (unpaired) electrons. The van der Waals surface area contributed by atoms with E-state index in [9.17, 15) is 4.79 Å². The highest BCUT2D eigenvalue weighted by atomic mass is 16.1. The quantitative estimate of drug-likeness (QED) is 0.796. The average molecular weight is 236 g/mol. The van der Waals surface area contributed by atoms with Crippen LogP contribution in [0.3, 0.4) is 0 Å². The van der Waals surface area contributed by atoms with E-state index in [2.05, 4.69) is 15.7 Å². The molecule has 17 heavy (non-hydrogen) atoms. The van der Waals surface area contributed by atoms with Gasteiger partial charge in [0.05, 0.1) is 12.1 Å². The fourth-order valence-corrected chi connectivity index (χ4v) is 2.12. The van der Waals surface area contributed by atoms with Crippen LogP contribution in [-0.4, -0.2) is 28.8 Å². The predicted octanol–water partition coefficient (Wildman–Crippen LogP) is 0.344. The lowest BCUT2D eigenvalue weighted by Crippen LogP contribution is -2.40. The predicted molar refractivity (Wildman–Crippen MR) is 65.4 cm³/mol. The van der Waals surface area contributed by atoms with Crippen LogP contribution in [0, 0.1) is 12.8 Å². The summed E-state index contributed by atoms with van der Waals surface area (Å²) < 4.78 is 1.82. The van der Waals surface area contributed by atoms with Gasteiger partial charge in [-0.3, -0.25) is 9.48 Å². The van der Waals surface area contributed by atoms with Crippen LogP contribution in [0.2, 0.25) is 0 Å². The number of carbonyl (C=O) groups is 1. The largest absolute Gasteiger partial charge is 0.352 e. The second-order valence-electron chi connectivity index (χ2n) is 4.64. The van der Waals surface area contributed by atoms with Gasteiger partial charge in [-0.25, -0.2) is 0 Å². The molecule has 5 nitrogen and oxygen atoms in total. The molecule has 1 aromatic rings. The Morgan fingerprint density at radius 3 is 3.12 bits per heavy atom. The minimum absolute atomic E-state index is 0.126. The Morgan fingerprint density at radius 1 is 1.71 bits per heavy atom. The Morgan fingerprint density at radius 2 is 2.53 bits per heavy atom. The number of amides is 1. The van der Waals surface area contributed by atoms with Crippen molar-refractivity contribution in [2.75, 3.05) is 13.1 Å². The third-order valence-electron chi connectivity index (χ3n) is 3.46. The first-order valence-electron chi connectivity index (χ1n) is 6.14. The van der Waals surface area contributed by atoms with E-state index in [1.807, 2.05) is 24.9 Å². The molecule has 1 atom stereocenters. The summed E-state index contributed by atoms with van der Waals surface area (Å²) in [6.45, 7) is 4.43. The van der Waals surface area contributed by atoms with Gasteiger partial charge in [-0.2, -0.15) is 5.10 Å². The maximum Gasteiger partial charge on any atom is 0.224 e. The van der Waals surface area contributed by atoms with Crippen molar-refractivity contribution in [3.05, 3.63) is 17.5 Å². The van der Waals surface area contributed by atoms with Crippen molar-refractivity contribution < 1.29 is 4.79 Å². The van der Waals surface area contributed by atoms with Crippen LogP contribution >= 0.6 is 0 Å². The van der Waals surface area contributed by atoms with Crippen molar-refractivity contribution in [3.63, 3.8) is 0 Å². The molecular weight excluding hydrogens is 216 g/mol. The SMILES string of the molecule is Cc1c(CNC(=O)C2CCCNC2)cnn1C. The topological polar surface area (TPSA) is 59.0 Å². The molecule has 1 fully saturated rings. The molecule has 1 unspecified atom stereocenters. The van der Waals surface area contributed by atoms with Gasteiger partial charge in [-0.15, -0.1) is 0 Å². The zero-order chi connectivity index (χ0) is 12.3. The Kier molecular flexibility index (Phi) is 3.78. The van der Waals surface area contributed by atoms with Crippen LogP contribution in [0.1, 0.15) is 24.1 Å². The van der Waals surface area contributed by atoms with E-state index in [4.69, 9.17) is 0 Å². The lowest BCUT2D eigenvalue weighted by atomic mass is 9.99. The summed E-state index contributed by atoms with van der Waals surface area (Å²) in [7, 11) is 1.91. The highest BCUT2D eigenvalue weighted by Gasteiger charge is 2.20. The number of carbonyl (C=O) groups excluding carboxylic acids is 1. The summed E-state index contributed by atoms with van der Waals surface area (Å²) in [5.41, 5.74) is 2.19. The summed E-state index contributed by atoms with van der Waals surface area (Å²) >= 11 is 0. The molecule has 1 aliphatic heterocycles. The van der Waals surface area contributed by atoms with Gasteiger partial charge in [0, 0.05) is 31.4 Å². The van der Waals surface area contributed by atoms with Crippen molar-refractivity contribution in [1.29, 1.82) is 0 Å². The van der Waals surface area contributed by atoms with Gasteiger partial charge in [-0.1, -0.05) is 0 Å². The van der Waals surface area contributed by atoms with Crippen molar-refractivity contribution in [1.82, 2.24) is 20.4 Å². The molecule has 0 spiro atoms. The van der Waals surface area contributed by atoms with E-state index in [-0.39, 0.29) is 11.8 Å². The Hall–Kier alpha value is -1.36. The first kappa shape index (κ1) is 12.1. The van der Waals surface area contributed by atoms with Gasteiger partial charge in [0.15, 0.2) is 0 Å². The second kappa shape index (κ2) is 5.31. The molecule has 0 aliphatic carbocycles. The van der Waals surface area contributed by atoms with Crippen LogP contribution in [-0.2, 0) is 18.4 Å². The summed E-state index contributed by atoms with van der Waals surface area (Å²) in [6.07, 6.45) is 3.89. The maximum atomic E-state index is 11.9. The van der Waals surface area contributed by atoms with Gasteiger partial charge < -0.3 is 10.6 Å². The highest BCUT2D eigenvalue weighted by Crippen LogP contribution is 2.11. The van der Waals surface area contributed by atoms with Crippen molar-refractivity contribution in [2.24, 2.45) is 13.0 Å². The first-order valence-corrected chi connectivity index (χ1v) is 6.14. The van der Waals surface area contributed by atoms with E-state index in [1.54, 1.807) is 0 Å². The fourth-order valence-electron chi connectivity index (χ4n) is 2.12. The van der Waals surface area contributed by atoms with Crippen molar-refractivity contribution in [3.8, 4) is 0 Å². The number of hydrogen-bond donors (Lipinski definition) is 2. The molecule has 0 aromatic carbocycles. The van der Waals surface area contributed by atoms with Crippen LogP contribution in [0.15, 0.2) is 6.20 Å². The average Bonchev–Trinajstić information content (AvgIpc) is 2.68. The molecule has 94 valence electrons. The lowest BCUT2D eigenvalue weighted by Gasteiger charge is -2.21. The number of hydrogen-bond acceptors (Lipinski definition) is 3. The highest BCUT2D eigenvalue weighted by molar-refractivity contribution is 5.78. The fraction of sp³-hybridized carbons (Fsp3) is 0.667. The summed E-state index contributed by atoms with van der Waals surface area (Å²) in [6, 6.07) is 0. The summed E-state index contributed by atoms with van der Waals surface area (Å²) in [5.74, 6) is 0.279. The van der Waals surface area contributed by atoms with E-state index in [0.29, 0.717) is 6.54 Å². The van der Waals surface area contributed by atoms with Crippen LogP contribution in [0.5, 0.6) is 0 Å². The normalized spacial score (nSPS) is 20.2. The lowest BCUT2D eigenvalue weighted by molar-refractivity contribution is -0.125. The minimum Gasteiger partial charge on any atom is -0.352 e. The van der Waals surface area contributed by atoms with Gasteiger partial charge in [-0.05, 0) is 26.3 Å². The zero-order valence-corrected chi connectivity index (χ0v) is 10.5. The number of nitrogens with one attached hydrogen (secondary N) is 2. The smallest absolute Gasteiger partial charge is 0.224 e. The van der Waals surface area contributed by atoms with Crippen molar-refractivity contribution >= 4 is 5.91 Å². The molecular formula is C12H20N4O. The molecule has 5 heteroatoms. The molecule has 1 saturated heterocycles. The van der Waals surface area contributed by atoms with E-state index < -0.39 is 0 Å². The van der Waals surface area contributed by atoms with Crippen LogP contribution in [0.25, 0.3) is 0 Å². The van der Waals surface area contributed by atoms with Crippen LogP contribution < -0.4 is 10.6 Å². The van der Waals surface area contributed by atoms with E-state index in [0.717, 1.165) is 37.2 Å². The standard InChI is InChI=1S/C12H20N4O/c1-9-11(8-15-16(9)2)7-14-12(17)10-4-3-5-13-6-10/h8,10,13H,3-7H2,1-2H3,(H,14,17). The monoisotopic (exact) mass is 236 g/mol. The molecule has 2 rings (SSSR count). The number of aryl methyl sites for hydroxylation is 1. The van der Waals surface area contributed by atoms with Gasteiger partial charge in [0.1, 0.15) is 0 Å². The van der Waals surface area contributed by atoms with Gasteiger partial charge in [0.2, 0.25) is 5.91 Å². The Labute approximate surface area is 102 Å². The van der Waals surface area contributed by atoms with Gasteiger partial charge in [0.25, 0.3) is 0 Å². The summed E-state index contributed by atoms with van der Waals surface area (Å²) in [5, 5.41) is 10.4. The maximum absolute atomic E-state index is 11.9. The Bertz CT molecular complexity index is 393. The second-order valence-corrected chi connectivity index (χ2v) is 4.64. The summed E-state index contributed by atoms with van der Waals surface area (Å²) in [4.78, 5) is 11.9. The molecule has 2 N–H and O–H groups in total. The van der Waals surface area contributed by atoms with Gasteiger partial charge >= 0.3 is 0 Å². The number of rotatable bonds is 3. The van der Waals surface area contributed by atoms with E-state index in [1.165, 1.54) is 0 Å². The molecule has 2 heterocycles. The first-order chi connectivity index (χ1) is 8.18. The molecule has 1 aromatic heterocycles. The zero-order valence-electron chi connectivity index (χ0n) is 10.5. The number of piperidine rings is 1. The minimum atomic E-state index is 0.126. The third kappa shape index (κ3) is 2.85. The number of aromatic nitrogens is 2. The molecule has 1 aliphatic rings. The molecule has 0 saturated carbocycles. The molecule has 0 bridgehead atoms. The Balaban J connectivity index is 1.85. The van der Waals surface area contributed by atoms with E-state index >= 15 is 0 Å². The van der Waals surface area contributed by atoms with Crippen molar-refractivity contribution in [2.45, 2.75) is 26.3 Å². The van der Waals surface area contributed by atoms with Crippen LogP contribution in [0.4, 0.5) is 0 Å².